The predicted octanol–water partition coefficient (Wildman–Crippen LogP) is 9.41. The zero-order valence-electron chi connectivity index (χ0n) is 38.1. The average Bonchev–Trinajstić information content (AvgIpc) is 3.36. The minimum Gasteiger partial charge on any atom is -0.497 e. The molecule has 0 spiro atoms. The van der Waals surface area contributed by atoms with Gasteiger partial charge in [0.05, 0.1) is 28.4 Å². The number of rotatable bonds is 20. The minimum atomic E-state index is -4.94. The van der Waals surface area contributed by atoms with Crippen molar-refractivity contribution >= 4 is 55.7 Å². The third-order valence-electron chi connectivity index (χ3n) is 9.80. The molecule has 72 heavy (non-hydrogen) atoms. The second-order valence-electron chi connectivity index (χ2n) is 14.6. The number of nitrogens with one attached hydrogen (secondary N) is 2. The average molecular weight is 1020 g/mol. The molecule has 0 atom stereocenters. The number of aromatic nitrogens is 6. The van der Waals surface area contributed by atoms with Gasteiger partial charge in [0.15, 0.2) is 0 Å². The summed E-state index contributed by atoms with van der Waals surface area (Å²) in [6.07, 6.45) is 2.46. The van der Waals surface area contributed by atoms with Gasteiger partial charge in [-0.2, -0.15) is 36.8 Å². The summed E-state index contributed by atoms with van der Waals surface area (Å²) in [7, 11) is -3.80. The largest absolute Gasteiger partial charge is 0.497 e. The molecule has 0 amide bonds. The molecular weight excluding hydrogens is 977 g/mol. The number of methoxy groups -OCH3 is 4. The lowest BCUT2D eigenvalue weighted by Gasteiger charge is -2.12. The Morgan fingerprint density at radius 2 is 0.625 bits per heavy atom. The van der Waals surface area contributed by atoms with Gasteiger partial charge in [-0.05, 0) is 132 Å². The third kappa shape index (κ3) is 12.9. The molecule has 4 N–H and O–H groups in total. The van der Waals surface area contributed by atoms with Crippen LogP contribution in [0.25, 0.3) is 12.2 Å². The molecule has 2 aromatic heterocycles. The van der Waals surface area contributed by atoms with Gasteiger partial charge >= 0.3 is 24.0 Å². The van der Waals surface area contributed by atoms with Gasteiger partial charge in [0.1, 0.15) is 55.8 Å². The first-order valence-corrected chi connectivity index (χ1v) is 23.8. The molecule has 8 aromatic rings. The zero-order chi connectivity index (χ0) is 50.8. The highest BCUT2D eigenvalue weighted by Crippen LogP contribution is 2.32. The number of anilines is 4. The third-order valence-corrected chi connectivity index (χ3v) is 11.6. The molecular formula is C48H40N8O14S2. The molecule has 0 aliphatic heterocycles. The van der Waals surface area contributed by atoms with E-state index in [1.54, 1.807) is 97.1 Å². The lowest BCUT2D eigenvalue weighted by atomic mass is 10.1. The highest BCUT2D eigenvalue weighted by atomic mass is 32.2. The van der Waals surface area contributed by atoms with E-state index in [0.717, 1.165) is 12.1 Å². The molecule has 24 heteroatoms. The normalized spacial score (nSPS) is 11.4. The van der Waals surface area contributed by atoms with Crippen molar-refractivity contribution in [3.05, 3.63) is 145 Å². The molecule has 0 unspecified atom stereocenters. The summed E-state index contributed by atoms with van der Waals surface area (Å²) in [5.74, 6) is 3.40. The van der Waals surface area contributed by atoms with E-state index < -0.39 is 30.0 Å². The van der Waals surface area contributed by atoms with Crippen LogP contribution in [0.1, 0.15) is 11.1 Å². The first kappa shape index (κ1) is 49.3. The lowest BCUT2D eigenvalue weighted by Crippen LogP contribution is -2.06. The Balaban J connectivity index is 1.06. The van der Waals surface area contributed by atoms with Crippen LogP contribution in [0.5, 0.6) is 70.0 Å². The summed E-state index contributed by atoms with van der Waals surface area (Å²) in [6.45, 7) is 0. The van der Waals surface area contributed by atoms with Crippen molar-refractivity contribution in [2.24, 2.45) is 0 Å². The highest BCUT2D eigenvalue weighted by molar-refractivity contribution is 7.86. The Hall–Kier alpha value is -9.10. The van der Waals surface area contributed by atoms with Crippen molar-refractivity contribution in [1.82, 2.24) is 29.9 Å². The van der Waals surface area contributed by atoms with E-state index in [4.69, 9.17) is 37.9 Å². The molecule has 0 aliphatic carbocycles. The van der Waals surface area contributed by atoms with Crippen molar-refractivity contribution in [3.8, 4) is 70.0 Å². The number of ether oxygens (including phenoxy) is 8. The van der Waals surface area contributed by atoms with Crippen LogP contribution in [-0.4, -0.2) is 84.3 Å². The van der Waals surface area contributed by atoms with Crippen LogP contribution in [-0.2, 0) is 20.2 Å². The van der Waals surface area contributed by atoms with Gasteiger partial charge in [0.2, 0.25) is 11.9 Å². The van der Waals surface area contributed by atoms with E-state index in [0.29, 0.717) is 46.0 Å². The van der Waals surface area contributed by atoms with Gasteiger partial charge in [0, 0.05) is 11.4 Å². The SMILES string of the molecule is COc1ccc(Oc2nc(Nc3ccc(C=Cc4ccc(Nc5nc(Oc6ccc(OC)cc6)nc(Oc6ccc(OC)cc6)n5)cc4S(=O)(=O)O)c(S(=O)(=O)O)c3)nc(Oc3ccc(OC)cc3)n2)cc1. The first-order chi connectivity index (χ1) is 34.6. The molecule has 0 radical (unpaired) electrons. The number of hydrogen-bond donors (Lipinski definition) is 4. The topological polar surface area (TPSA) is 284 Å². The van der Waals surface area contributed by atoms with Crippen LogP contribution in [0.15, 0.2) is 143 Å². The van der Waals surface area contributed by atoms with Crippen molar-refractivity contribution in [2.45, 2.75) is 9.79 Å². The summed E-state index contributed by atoms with van der Waals surface area (Å²) in [4.78, 5) is 24.6. The second-order valence-corrected chi connectivity index (χ2v) is 17.4. The molecule has 0 saturated heterocycles. The fraction of sp³-hybridized carbons (Fsp3) is 0.0833. The number of benzene rings is 6. The molecule has 6 aromatic carbocycles. The summed E-state index contributed by atoms with van der Waals surface area (Å²) < 4.78 is 116. The van der Waals surface area contributed by atoms with Crippen LogP contribution in [0.2, 0.25) is 0 Å². The molecule has 22 nitrogen and oxygen atoms in total. The van der Waals surface area contributed by atoms with E-state index in [1.807, 2.05) is 0 Å². The molecule has 0 bridgehead atoms. The van der Waals surface area contributed by atoms with Gasteiger partial charge in [-0.3, -0.25) is 9.11 Å². The molecule has 0 aliphatic rings. The maximum atomic E-state index is 12.8. The summed E-state index contributed by atoms with van der Waals surface area (Å²) in [5, 5.41) is 5.76. The van der Waals surface area contributed by atoms with Gasteiger partial charge in [-0.1, -0.05) is 24.3 Å². The van der Waals surface area contributed by atoms with E-state index in [1.165, 1.54) is 64.9 Å². The summed E-state index contributed by atoms with van der Waals surface area (Å²) >= 11 is 0. The predicted molar refractivity (Wildman–Crippen MR) is 260 cm³/mol. The van der Waals surface area contributed by atoms with Gasteiger partial charge < -0.3 is 48.5 Å². The van der Waals surface area contributed by atoms with Gasteiger partial charge in [-0.25, -0.2) is 0 Å². The zero-order valence-corrected chi connectivity index (χ0v) is 39.8. The fourth-order valence-corrected chi connectivity index (χ4v) is 7.77. The maximum absolute atomic E-state index is 12.8. The Labute approximate surface area is 411 Å². The molecule has 0 saturated carbocycles. The Morgan fingerprint density at radius 3 is 0.861 bits per heavy atom. The number of nitrogens with zero attached hydrogens (tertiary/aromatic N) is 6. The monoisotopic (exact) mass is 1020 g/mol. The Morgan fingerprint density at radius 1 is 0.375 bits per heavy atom. The smallest absolute Gasteiger partial charge is 0.330 e. The Bertz CT molecular complexity index is 3100. The molecule has 2 heterocycles. The standard InChI is InChI=1S/C48H40N8O14S2/c1-63-33-11-19-37(20-12-33)67-45-51-43(52-46(55-45)68-38-21-13-34(64-2)14-22-38)49-31-9-7-29(41(27-31)71(57,58)59)5-6-30-8-10-32(28-42(30)72(60,61)62)50-44-53-47(69-39-23-15-35(65-3)16-24-39)56-48(54-44)70-40-25-17-36(66-4)18-26-40/h5-28H,1-4H3,(H,57,58,59)(H,60,61,62)(H,49,51,52,55)(H,50,53,54,56). The summed E-state index contributed by atoms with van der Waals surface area (Å²) in [6, 6.07) is 33.3. The van der Waals surface area contributed by atoms with Crippen molar-refractivity contribution in [2.75, 3.05) is 39.1 Å². The van der Waals surface area contributed by atoms with E-state index in [9.17, 15) is 25.9 Å². The molecule has 8 rings (SSSR count). The quantitative estimate of drug-likeness (QED) is 0.0408. The van der Waals surface area contributed by atoms with Crippen molar-refractivity contribution in [3.63, 3.8) is 0 Å². The van der Waals surface area contributed by atoms with E-state index >= 15 is 0 Å². The fourth-order valence-electron chi connectivity index (χ4n) is 6.35. The summed E-state index contributed by atoms with van der Waals surface area (Å²) in [5.41, 5.74) is 0.0138. The second kappa shape index (κ2) is 21.7. The minimum absolute atomic E-state index is 0.0757. The van der Waals surface area contributed by atoms with Crippen molar-refractivity contribution < 1.29 is 63.8 Å². The van der Waals surface area contributed by atoms with Gasteiger partial charge in [0.25, 0.3) is 20.2 Å². The van der Waals surface area contributed by atoms with E-state index in [2.05, 4.69) is 40.5 Å². The van der Waals surface area contributed by atoms with Crippen LogP contribution in [0.3, 0.4) is 0 Å². The first-order valence-electron chi connectivity index (χ1n) is 20.9. The van der Waals surface area contributed by atoms with Crippen LogP contribution in [0.4, 0.5) is 23.3 Å². The highest BCUT2D eigenvalue weighted by Gasteiger charge is 2.20. The molecule has 0 fully saturated rings. The van der Waals surface area contributed by atoms with Crippen LogP contribution < -0.4 is 48.5 Å². The van der Waals surface area contributed by atoms with Crippen molar-refractivity contribution in [1.29, 1.82) is 0 Å². The molecule has 368 valence electrons. The van der Waals surface area contributed by atoms with E-state index in [-0.39, 0.29) is 58.4 Å². The lowest BCUT2D eigenvalue weighted by molar-refractivity contribution is 0.393. The van der Waals surface area contributed by atoms with Gasteiger partial charge in [-0.15, -0.1) is 9.97 Å². The van der Waals surface area contributed by atoms with Crippen LogP contribution in [0, 0.1) is 0 Å². The maximum Gasteiger partial charge on any atom is 0.330 e. The Kier molecular flexibility index (Phi) is 14.9. The number of hydrogen-bond acceptors (Lipinski definition) is 20. The van der Waals surface area contributed by atoms with Crippen LogP contribution >= 0.6 is 0 Å².